The first-order chi connectivity index (χ1) is 7.20. The van der Waals surface area contributed by atoms with Crippen LogP contribution in [0.5, 0.6) is 0 Å². The molecule has 0 aliphatic carbocycles. The van der Waals surface area contributed by atoms with E-state index in [-0.39, 0.29) is 11.7 Å². The third kappa shape index (κ3) is 1.90. The molecule has 0 saturated heterocycles. The average Bonchev–Trinajstić information content (AvgIpc) is 2.79. The van der Waals surface area contributed by atoms with Gasteiger partial charge in [0.15, 0.2) is 0 Å². The molecule has 0 aliphatic heterocycles. The first kappa shape index (κ1) is 10.2. The van der Waals surface area contributed by atoms with Gasteiger partial charge in [-0.3, -0.25) is 4.57 Å². The Balaban J connectivity index is 2.46. The molecule has 4 heteroatoms. The van der Waals surface area contributed by atoms with Crippen LogP contribution in [-0.2, 0) is 0 Å². The Morgan fingerprint density at radius 1 is 1.47 bits per heavy atom. The molecule has 1 atom stereocenters. The van der Waals surface area contributed by atoms with Gasteiger partial charge >= 0.3 is 5.69 Å². The third-order valence-corrected chi connectivity index (χ3v) is 3.39. The fraction of sp³-hybridized carbons (Fsp3) is 0.364. The number of nitrogens with one attached hydrogen (secondary N) is 1. The lowest BCUT2D eigenvalue weighted by Gasteiger charge is -2.20. The van der Waals surface area contributed by atoms with Crippen LogP contribution in [0.25, 0.3) is 0 Å². The number of rotatable bonds is 3. The Bertz CT molecular complexity index is 467. The standard InChI is InChI=1S/C11H14N2OS/c1-8(2)10(9-4-3-7-15-9)13-6-5-12-11(13)14/h3-8,10H,1-2H3,(H,12,14). The van der Waals surface area contributed by atoms with Gasteiger partial charge < -0.3 is 4.98 Å². The first-order valence-electron chi connectivity index (χ1n) is 4.99. The summed E-state index contributed by atoms with van der Waals surface area (Å²) in [6.07, 6.45) is 3.50. The van der Waals surface area contributed by atoms with Gasteiger partial charge in [-0.1, -0.05) is 19.9 Å². The Morgan fingerprint density at radius 3 is 2.73 bits per heavy atom. The molecule has 0 saturated carbocycles. The maximum Gasteiger partial charge on any atom is 0.326 e. The summed E-state index contributed by atoms with van der Waals surface area (Å²) in [5.41, 5.74) is -0.0397. The lowest BCUT2D eigenvalue weighted by atomic mass is 10.0. The molecule has 0 bridgehead atoms. The fourth-order valence-electron chi connectivity index (χ4n) is 1.80. The molecule has 1 N–H and O–H groups in total. The highest BCUT2D eigenvalue weighted by Gasteiger charge is 2.19. The van der Waals surface area contributed by atoms with Crippen molar-refractivity contribution >= 4 is 11.3 Å². The maximum atomic E-state index is 11.6. The summed E-state index contributed by atoms with van der Waals surface area (Å²) in [5.74, 6) is 0.400. The lowest BCUT2D eigenvalue weighted by Crippen LogP contribution is -2.25. The van der Waals surface area contributed by atoms with Crippen LogP contribution in [0.15, 0.2) is 34.7 Å². The summed E-state index contributed by atoms with van der Waals surface area (Å²) in [4.78, 5) is 15.5. The summed E-state index contributed by atoms with van der Waals surface area (Å²) in [6.45, 7) is 4.26. The molecule has 3 nitrogen and oxygen atoms in total. The minimum absolute atomic E-state index is 0.0397. The Morgan fingerprint density at radius 2 is 2.27 bits per heavy atom. The SMILES string of the molecule is CC(C)C(c1cccs1)n1cc[nH]c1=O. The van der Waals surface area contributed by atoms with E-state index in [0.29, 0.717) is 5.92 Å². The molecule has 0 fully saturated rings. The molecule has 0 radical (unpaired) electrons. The quantitative estimate of drug-likeness (QED) is 0.851. The number of thiophene rings is 1. The number of aromatic amines is 1. The molecule has 15 heavy (non-hydrogen) atoms. The predicted octanol–water partition coefficient (Wildman–Crippen LogP) is 2.48. The lowest BCUT2D eigenvalue weighted by molar-refractivity contribution is 0.434. The minimum Gasteiger partial charge on any atom is -0.313 e. The van der Waals surface area contributed by atoms with E-state index in [4.69, 9.17) is 0 Å². The van der Waals surface area contributed by atoms with E-state index in [1.807, 2.05) is 17.6 Å². The summed E-state index contributed by atoms with van der Waals surface area (Å²) in [6, 6.07) is 4.24. The summed E-state index contributed by atoms with van der Waals surface area (Å²) in [7, 11) is 0. The molecule has 80 valence electrons. The number of hydrogen-bond donors (Lipinski definition) is 1. The third-order valence-electron chi connectivity index (χ3n) is 2.44. The normalized spacial score (nSPS) is 13.3. The largest absolute Gasteiger partial charge is 0.326 e. The summed E-state index contributed by atoms with van der Waals surface area (Å²) in [5, 5.41) is 2.04. The van der Waals surface area contributed by atoms with Gasteiger partial charge in [0.1, 0.15) is 0 Å². The predicted molar refractivity (Wildman–Crippen MR) is 62.3 cm³/mol. The second kappa shape index (κ2) is 4.06. The average molecular weight is 222 g/mol. The molecule has 0 spiro atoms. The van der Waals surface area contributed by atoms with E-state index in [1.165, 1.54) is 4.88 Å². The van der Waals surface area contributed by atoms with E-state index < -0.39 is 0 Å². The van der Waals surface area contributed by atoms with Crippen LogP contribution < -0.4 is 5.69 Å². The highest BCUT2D eigenvalue weighted by molar-refractivity contribution is 7.10. The van der Waals surface area contributed by atoms with E-state index in [1.54, 1.807) is 22.1 Å². The molecular formula is C11H14N2OS. The number of aromatic nitrogens is 2. The maximum absolute atomic E-state index is 11.6. The first-order valence-corrected chi connectivity index (χ1v) is 5.87. The van der Waals surface area contributed by atoms with Gasteiger partial charge in [-0.15, -0.1) is 11.3 Å². The summed E-state index contributed by atoms with van der Waals surface area (Å²) >= 11 is 1.69. The number of imidazole rings is 1. The number of hydrogen-bond acceptors (Lipinski definition) is 2. The van der Waals surface area contributed by atoms with Gasteiger partial charge in [-0.2, -0.15) is 0 Å². The molecular weight excluding hydrogens is 208 g/mol. The summed E-state index contributed by atoms with van der Waals surface area (Å²) < 4.78 is 1.76. The fourth-order valence-corrected chi connectivity index (χ4v) is 2.79. The van der Waals surface area contributed by atoms with Crippen molar-refractivity contribution in [1.29, 1.82) is 0 Å². The van der Waals surface area contributed by atoms with Crippen molar-refractivity contribution in [2.45, 2.75) is 19.9 Å². The monoisotopic (exact) mass is 222 g/mol. The van der Waals surface area contributed by atoms with Crippen LogP contribution in [-0.4, -0.2) is 9.55 Å². The van der Waals surface area contributed by atoms with E-state index in [9.17, 15) is 4.79 Å². The second-order valence-corrected chi connectivity index (χ2v) is 4.86. The minimum atomic E-state index is -0.0397. The smallest absolute Gasteiger partial charge is 0.313 e. The zero-order chi connectivity index (χ0) is 10.8. The van der Waals surface area contributed by atoms with Crippen LogP contribution >= 0.6 is 11.3 Å². The van der Waals surface area contributed by atoms with Crippen molar-refractivity contribution in [3.05, 3.63) is 45.3 Å². The molecule has 0 aromatic carbocycles. The Labute approximate surface area is 92.4 Å². The zero-order valence-electron chi connectivity index (χ0n) is 8.81. The van der Waals surface area contributed by atoms with Gasteiger partial charge in [0.25, 0.3) is 0 Å². The number of H-pyrrole nitrogens is 1. The number of nitrogens with zero attached hydrogens (tertiary/aromatic N) is 1. The molecule has 1 unspecified atom stereocenters. The molecule has 0 aliphatic rings. The van der Waals surface area contributed by atoms with Crippen LogP contribution in [0.3, 0.4) is 0 Å². The van der Waals surface area contributed by atoms with Gasteiger partial charge in [-0.25, -0.2) is 4.79 Å². The van der Waals surface area contributed by atoms with Gasteiger partial charge in [0.2, 0.25) is 0 Å². The van der Waals surface area contributed by atoms with Gasteiger partial charge in [-0.05, 0) is 17.4 Å². The van der Waals surface area contributed by atoms with Gasteiger partial charge in [0, 0.05) is 17.3 Å². The van der Waals surface area contributed by atoms with Crippen LogP contribution in [0.1, 0.15) is 24.8 Å². The van der Waals surface area contributed by atoms with E-state index in [2.05, 4.69) is 24.9 Å². The highest BCUT2D eigenvalue weighted by atomic mass is 32.1. The Hall–Kier alpha value is -1.29. The molecule has 0 amide bonds. The van der Waals surface area contributed by atoms with Crippen molar-refractivity contribution < 1.29 is 0 Å². The Kier molecular flexibility index (Phi) is 2.77. The molecule has 2 heterocycles. The second-order valence-electron chi connectivity index (χ2n) is 3.88. The van der Waals surface area contributed by atoms with Crippen LogP contribution in [0.2, 0.25) is 0 Å². The van der Waals surface area contributed by atoms with Gasteiger partial charge in [0.05, 0.1) is 6.04 Å². The van der Waals surface area contributed by atoms with Crippen LogP contribution in [0.4, 0.5) is 0 Å². The van der Waals surface area contributed by atoms with Crippen molar-refractivity contribution in [1.82, 2.24) is 9.55 Å². The van der Waals surface area contributed by atoms with E-state index >= 15 is 0 Å². The van der Waals surface area contributed by atoms with Crippen molar-refractivity contribution in [3.63, 3.8) is 0 Å². The molecule has 2 aromatic rings. The zero-order valence-corrected chi connectivity index (χ0v) is 9.62. The van der Waals surface area contributed by atoms with Crippen LogP contribution in [0, 0.1) is 5.92 Å². The highest BCUT2D eigenvalue weighted by Crippen LogP contribution is 2.28. The topological polar surface area (TPSA) is 37.8 Å². The van der Waals surface area contributed by atoms with Crippen molar-refractivity contribution in [3.8, 4) is 0 Å². The van der Waals surface area contributed by atoms with Crippen molar-refractivity contribution in [2.24, 2.45) is 5.92 Å². The van der Waals surface area contributed by atoms with E-state index in [0.717, 1.165) is 0 Å². The molecule has 2 aromatic heterocycles. The van der Waals surface area contributed by atoms with Crippen molar-refractivity contribution in [2.75, 3.05) is 0 Å². The molecule has 2 rings (SSSR count).